The molecule has 4 heteroatoms. The van der Waals surface area contributed by atoms with E-state index < -0.39 is 5.60 Å². The van der Waals surface area contributed by atoms with Gasteiger partial charge < -0.3 is 5.11 Å². The van der Waals surface area contributed by atoms with Crippen LogP contribution >= 0.6 is 27.3 Å². The van der Waals surface area contributed by atoms with Crippen LogP contribution in [-0.2, 0) is 5.60 Å². The van der Waals surface area contributed by atoms with Crippen molar-refractivity contribution in [2.24, 2.45) is 23.7 Å². The largest absolute Gasteiger partial charge is 0.384 e. The highest BCUT2D eigenvalue weighted by Crippen LogP contribution is 2.66. The maximum Gasteiger partial charge on any atom is 0.123 e. The van der Waals surface area contributed by atoms with Crippen molar-refractivity contribution in [2.75, 3.05) is 0 Å². The zero-order valence-electron chi connectivity index (χ0n) is 9.60. The number of nitrogens with zero attached hydrogens (tertiary/aromatic N) is 1. The third-order valence-corrected chi connectivity index (χ3v) is 7.26. The third-order valence-electron chi connectivity index (χ3n) is 5.41. The van der Waals surface area contributed by atoms with Gasteiger partial charge in [0.2, 0.25) is 0 Å². The Labute approximate surface area is 114 Å². The molecule has 0 aliphatic heterocycles. The summed E-state index contributed by atoms with van der Waals surface area (Å²) < 4.78 is 0.868. The molecule has 1 aromatic rings. The molecule has 92 valence electrons. The zero-order valence-corrected chi connectivity index (χ0v) is 12.0. The molecule has 1 aromatic heterocycles. The average molecular weight is 314 g/mol. The van der Waals surface area contributed by atoms with Gasteiger partial charge in [-0.2, -0.15) is 0 Å². The summed E-state index contributed by atoms with van der Waals surface area (Å²) in [6, 6.07) is 0. The molecule has 2 nitrogen and oxygen atoms in total. The van der Waals surface area contributed by atoms with E-state index in [4.69, 9.17) is 0 Å². The van der Waals surface area contributed by atoms with Crippen LogP contribution in [0.5, 0.6) is 0 Å². The first-order chi connectivity index (χ1) is 8.20. The predicted molar refractivity (Wildman–Crippen MR) is 70.8 cm³/mol. The van der Waals surface area contributed by atoms with Crippen molar-refractivity contribution in [3.8, 4) is 0 Å². The third kappa shape index (κ3) is 1.32. The highest BCUT2D eigenvalue weighted by Gasteiger charge is 2.61. The van der Waals surface area contributed by atoms with E-state index in [1.807, 2.05) is 5.51 Å². The minimum absolute atomic E-state index is 0.497. The Morgan fingerprint density at radius 1 is 1.41 bits per heavy atom. The van der Waals surface area contributed by atoms with Gasteiger partial charge in [0, 0.05) is 0 Å². The van der Waals surface area contributed by atoms with Crippen LogP contribution < -0.4 is 0 Å². The Balaban J connectivity index is 1.75. The fraction of sp³-hybridized carbons (Fsp3) is 0.769. The molecule has 3 fully saturated rings. The fourth-order valence-corrected chi connectivity index (χ4v) is 6.60. The van der Waals surface area contributed by atoms with Crippen molar-refractivity contribution in [1.29, 1.82) is 0 Å². The van der Waals surface area contributed by atoms with Gasteiger partial charge in [-0.1, -0.05) is 6.42 Å². The van der Waals surface area contributed by atoms with Gasteiger partial charge in [0.05, 0.1) is 10.4 Å². The highest BCUT2D eigenvalue weighted by atomic mass is 79.9. The molecule has 5 unspecified atom stereocenters. The zero-order chi connectivity index (χ0) is 11.6. The molecule has 1 N–H and O–H groups in total. The average Bonchev–Trinajstić information content (AvgIpc) is 2.95. The van der Waals surface area contributed by atoms with Crippen LogP contribution in [0.4, 0.5) is 0 Å². The van der Waals surface area contributed by atoms with Crippen molar-refractivity contribution in [1.82, 2.24) is 4.98 Å². The molecule has 3 saturated carbocycles. The molecule has 0 saturated heterocycles. The second kappa shape index (κ2) is 3.55. The summed E-state index contributed by atoms with van der Waals surface area (Å²) >= 11 is 5.11. The van der Waals surface area contributed by atoms with E-state index >= 15 is 0 Å². The van der Waals surface area contributed by atoms with E-state index in [2.05, 4.69) is 20.9 Å². The molecule has 5 atom stereocenters. The van der Waals surface area contributed by atoms with Crippen molar-refractivity contribution < 1.29 is 5.11 Å². The number of hydrogen-bond donors (Lipinski definition) is 1. The van der Waals surface area contributed by atoms with E-state index in [9.17, 15) is 5.11 Å². The number of aromatic nitrogens is 1. The first-order valence-corrected chi connectivity index (χ1v) is 8.19. The Bertz CT molecular complexity index is 462. The molecule has 0 spiro atoms. The Hall–Kier alpha value is 0.0700. The first-order valence-electron chi connectivity index (χ1n) is 6.52. The maximum absolute atomic E-state index is 11.1. The van der Waals surface area contributed by atoms with Crippen molar-refractivity contribution >= 4 is 27.3 Å². The lowest BCUT2D eigenvalue weighted by Crippen LogP contribution is -2.38. The molecule has 3 aliphatic carbocycles. The smallest absolute Gasteiger partial charge is 0.123 e. The van der Waals surface area contributed by atoms with Crippen LogP contribution in [0, 0.1) is 23.7 Å². The summed E-state index contributed by atoms with van der Waals surface area (Å²) in [7, 11) is 0. The number of hydrogen-bond acceptors (Lipinski definition) is 3. The quantitative estimate of drug-likeness (QED) is 0.860. The van der Waals surface area contributed by atoms with Crippen LogP contribution in [0.1, 0.15) is 37.0 Å². The summed E-state index contributed by atoms with van der Waals surface area (Å²) in [5.74, 6) is 2.97. The molecular formula is C13H16BrNOS. The van der Waals surface area contributed by atoms with Crippen molar-refractivity contribution in [2.45, 2.75) is 37.7 Å². The van der Waals surface area contributed by atoms with Gasteiger partial charge in [-0.25, -0.2) is 4.98 Å². The van der Waals surface area contributed by atoms with Gasteiger partial charge in [0.25, 0.3) is 0 Å². The Morgan fingerprint density at radius 3 is 3.00 bits per heavy atom. The summed E-state index contributed by atoms with van der Waals surface area (Å²) in [5.41, 5.74) is 1.27. The van der Waals surface area contributed by atoms with Crippen molar-refractivity contribution in [3.05, 3.63) is 15.0 Å². The topological polar surface area (TPSA) is 33.1 Å². The molecule has 4 rings (SSSR count). The van der Waals surface area contributed by atoms with E-state index in [0.29, 0.717) is 5.92 Å². The molecule has 0 radical (unpaired) electrons. The van der Waals surface area contributed by atoms with Crippen LogP contribution in [0.15, 0.2) is 10.1 Å². The summed E-state index contributed by atoms with van der Waals surface area (Å²) in [6.45, 7) is 0. The van der Waals surface area contributed by atoms with E-state index in [-0.39, 0.29) is 0 Å². The van der Waals surface area contributed by atoms with Crippen molar-refractivity contribution in [3.63, 3.8) is 0 Å². The SMILES string of the molecule is OC1(c2scnc2Br)CC2CC1C1CCCC21. The van der Waals surface area contributed by atoms with Crippen LogP contribution in [0.25, 0.3) is 0 Å². The lowest BCUT2D eigenvalue weighted by Gasteiger charge is -2.38. The lowest BCUT2D eigenvalue weighted by atomic mass is 9.72. The molecule has 2 bridgehead atoms. The summed E-state index contributed by atoms with van der Waals surface area (Å²) in [4.78, 5) is 5.33. The molecule has 1 heterocycles. The second-order valence-corrected chi connectivity index (χ2v) is 7.57. The summed E-state index contributed by atoms with van der Waals surface area (Å²) in [6.07, 6.45) is 6.34. The molecular weight excluding hydrogens is 298 g/mol. The van der Waals surface area contributed by atoms with E-state index in [1.165, 1.54) is 25.7 Å². The predicted octanol–water partition coefficient (Wildman–Crippen LogP) is 3.55. The van der Waals surface area contributed by atoms with Gasteiger partial charge in [0.15, 0.2) is 0 Å². The minimum atomic E-state index is -0.573. The van der Waals surface area contributed by atoms with Gasteiger partial charge in [0.1, 0.15) is 10.2 Å². The maximum atomic E-state index is 11.1. The van der Waals surface area contributed by atoms with Gasteiger partial charge >= 0.3 is 0 Å². The molecule has 0 amide bonds. The van der Waals surface area contributed by atoms with E-state index in [1.54, 1.807) is 11.3 Å². The van der Waals surface area contributed by atoms with Gasteiger partial charge in [-0.05, 0) is 65.3 Å². The van der Waals surface area contributed by atoms with Crippen LogP contribution in [-0.4, -0.2) is 10.1 Å². The molecule has 3 aliphatic rings. The standard InChI is InChI=1S/C13H16BrNOS/c14-12-11(17-6-15-12)13(16)5-7-4-10(13)9-3-1-2-8(7)9/h6-10,16H,1-5H2. The highest BCUT2D eigenvalue weighted by molar-refractivity contribution is 9.10. The van der Waals surface area contributed by atoms with Crippen LogP contribution in [0.3, 0.4) is 0 Å². The summed E-state index contributed by atoms with van der Waals surface area (Å²) in [5, 5.41) is 11.1. The molecule has 0 aromatic carbocycles. The number of fused-ring (bicyclic) bond motifs is 5. The van der Waals surface area contributed by atoms with Crippen LogP contribution in [0.2, 0.25) is 0 Å². The normalized spacial score (nSPS) is 47.6. The number of rotatable bonds is 1. The lowest BCUT2D eigenvalue weighted by molar-refractivity contribution is -0.0489. The Morgan fingerprint density at radius 2 is 2.24 bits per heavy atom. The van der Waals surface area contributed by atoms with Gasteiger partial charge in [-0.3, -0.25) is 0 Å². The molecule has 17 heavy (non-hydrogen) atoms. The second-order valence-electron chi connectivity index (χ2n) is 5.96. The minimum Gasteiger partial charge on any atom is -0.384 e. The number of aliphatic hydroxyl groups is 1. The van der Waals surface area contributed by atoms with Gasteiger partial charge in [-0.15, -0.1) is 11.3 Å². The Kier molecular flexibility index (Phi) is 2.28. The number of halogens is 1. The van der Waals surface area contributed by atoms with E-state index in [0.717, 1.165) is 33.7 Å². The number of thiazole rings is 1. The monoisotopic (exact) mass is 313 g/mol. The first kappa shape index (κ1) is 10.9. The fourth-order valence-electron chi connectivity index (χ4n) is 4.89.